The van der Waals surface area contributed by atoms with Crippen molar-refractivity contribution in [3.8, 4) is 0 Å². The molecule has 3 rings (SSSR count). The highest BCUT2D eigenvalue weighted by Gasteiger charge is 2.43. The molecule has 1 aromatic heterocycles. The fourth-order valence-corrected chi connectivity index (χ4v) is 6.03. The van der Waals surface area contributed by atoms with Gasteiger partial charge in [-0.05, 0) is 12.5 Å². The summed E-state index contributed by atoms with van der Waals surface area (Å²) in [4.78, 5) is 25.7. The van der Waals surface area contributed by atoms with Crippen molar-refractivity contribution < 1.29 is 18.0 Å². The fourth-order valence-electron chi connectivity index (χ4n) is 3.31. The first kappa shape index (κ1) is 16.4. The summed E-state index contributed by atoms with van der Waals surface area (Å²) in [5.41, 5.74) is 0. The zero-order chi connectivity index (χ0) is 16.8. The molecule has 2 aliphatic heterocycles. The van der Waals surface area contributed by atoms with Crippen molar-refractivity contribution >= 4 is 33.2 Å². The number of carbonyl (C=O) groups excluding carboxylic acids is 2. The number of likely N-dealkylation sites (tertiary alicyclic amines) is 1. The molecule has 2 saturated heterocycles. The van der Waals surface area contributed by atoms with Gasteiger partial charge in [0.2, 0.25) is 15.9 Å². The third kappa shape index (κ3) is 2.77. The molecule has 2 atom stereocenters. The summed E-state index contributed by atoms with van der Waals surface area (Å²) in [7, 11) is -0.331. The van der Waals surface area contributed by atoms with E-state index in [-0.39, 0.29) is 28.7 Å². The van der Waals surface area contributed by atoms with E-state index in [2.05, 4.69) is 5.32 Å². The van der Waals surface area contributed by atoms with Crippen LogP contribution in [0.3, 0.4) is 0 Å². The second-order valence-electron chi connectivity index (χ2n) is 5.91. The average molecular weight is 357 g/mol. The molecule has 7 nitrogen and oxygen atoms in total. The van der Waals surface area contributed by atoms with Crippen LogP contribution in [0.15, 0.2) is 16.3 Å². The van der Waals surface area contributed by atoms with E-state index >= 15 is 0 Å². The maximum Gasteiger partial charge on any atom is 0.261 e. The SMILES string of the molecule is CNC(=O)c1cc(S(=O)(=O)N2CC[C@H]3[C@H](CC(=O)N3C)C2)cs1. The Morgan fingerprint density at radius 1 is 1.43 bits per heavy atom. The van der Waals surface area contributed by atoms with Crippen molar-refractivity contribution in [2.24, 2.45) is 5.92 Å². The van der Waals surface area contributed by atoms with Crippen LogP contribution in [0.5, 0.6) is 0 Å². The number of rotatable bonds is 3. The standard InChI is InChI=1S/C14H19N3O4S2/c1-15-14(19)12-6-10(8-22-12)23(20,21)17-4-3-11-9(7-17)5-13(18)16(11)2/h6,8-9,11H,3-5,7H2,1-2H3,(H,15,19)/t9-,11+/m1/s1. The lowest BCUT2D eigenvalue weighted by molar-refractivity contribution is -0.127. The van der Waals surface area contributed by atoms with Gasteiger partial charge in [0.1, 0.15) is 0 Å². The van der Waals surface area contributed by atoms with Crippen molar-refractivity contribution in [2.75, 3.05) is 27.2 Å². The fraction of sp³-hybridized carbons (Fsp3) is 0.571. The molecule has 0 bridgehead atoms. The van der Waals surface area contributed by atoms with Crippen molar-refractivity contribution in [1.82, 2.24) is 14.5 Å². The molecule has 23 heavy (non-hydrogen) atoms. The zero-order valence-corrected chi connectivity index (χ0v) is 14.6. The molecule has 2 aliphatic rings. The van der Waals surface area contributed by atoms with Gasteiger partial charge < -0.3 is 10.2 Å². The summed E-state index contributed by atoms with van der Waals surface area (Å²) in [6.45, 7) is 0.751. The van der Waals surface area contributed by atoms with Crippen LogP contribution in [0.4, 0.5) is 0 Å². The van der Waals surface area contributed by atoms with Gasteiger partial charge in [0, 0.05) is 50.9 Å². The Hall–Kier alpha value is -1.45. The van der Waals surface area contributed by atoms with E-state index in [0.29, 0.717) is 30.8 Å². The molecule has 2 amide bonds. The number of hydrogen-bond donors (Lipinski definition) is 1. The van der Waals surface area contributed by atoms with Gasteiger partial charge in [0.05, 0.1) is 9.77 Å². The highest BCUT2D eigenvalue weighted by Crippen LogP contribution is 2.34. The van der Waals surface area contributed by atoms with Crippen LogP contribution >= 0.6 is 11.3 Å². The van der Waals surface area contributed by atoms with Crippen molar-refractivity contribution in [3.05, 3.63) is 16.3 Å². The largest absolute Gasteiger partial charge is 0.354 e. The van der Waals surface area contributed by atoms with Gasteiger partial charge >= 0.3 is 0 Å². The summed E-state index contributed by atoms with van der Waals surface area (Å²) >= 11 is 1.11. The first-order valence-electron chi connectivity index (χ1n) is 7.41. The number of hydrogen-bond acceptors (Lipinski definition) is 5. The molecule has 0 aliphatic carbocycles. The zero-order valence-electron chi connectivity index (χ0n) is 13.0. The number of nitrogens with zero attached hydrogens (tertiary/aromatic N) is 2. The van der Waals surface area contributed by atoms with Crippen molar-refractivity contribution in [2.45, 2.75) is 23.8 Å². The summed E-state index contributed by atoms with van der Waals surface area (Å²) < 4.78 is 27.0. The van der Waals surface area contributed by atoms with Gasteiger partial charge in [-0.15, -0.1) is 11.3 Å². The van der Waals surface area contributed by atoms with Crippen LogP contribution in [-0.2, 0) is 14.8 Å². The molecule has 0 radical (unpaired) electrons. The van der Waals surface area contributed by atoms with E-state index in [9.17, 15) is 18.0 Å². The van der Waals surface area contributed by atoms with Crippen LogP contribution in [0, 0.1) is 5.92 Å². The number of nitrogens with one attached hydrogen (secondary N) is 1. The third-order valence-corrected chi connectivity index (χ3v) is 7.57. The summed E-state index contributed by atoms with van der Waals surface area (Å²) in [5.74, 6) is -0.164. The van der Waals surface area contributed by atoms with Gasteiger partial charge in [-0.3, -0.25) is 9.59 Å². The average Bonchev–Trinajstić information content (AvgIpc) is 3.13. The number of fused-ring (bicyclic) bond motifs is 1. The highest BCUT2D eigenvalue weighted by atomic mass is 32.2. The molecule has 1 aromatic rings. The lowest BCUT2D eigenvalue weighted by Gasteiger charge is -2.35. The Morgan fingerprint density at radius 2 is 2.17 bits per heavy atom. The van der Waals surface area contributed by atoms with E-state index in [0.717, 1.165) is 11.3 Å². The number of amides is 2. The summed E-state index contributed by atoms with van der Waals surface area (Å²) in [6.07, 6.45) is 1.05. The van der Waals surface area contributed by atoms with Gasteiger partial charge in [0.25, 0.3) is 5.91 Å². The quantitative estimate of drug-likeness (QED) is 0.846. The molecule has 3 heterocycles. The summed E-state index contributed by atoms with van der Waals surface area (Å²) in [5, 5.41) is 3.98. The van der Waals surface area contributed by atoms with E-state index < -0.39 is 10.0 Å². The number of carbonyl (C=O) groups is 2. The van der Waals surface area contributed by atoms with Gasteiger partial charge in [0.15, 0.2) is 0 Å². The Kier molecular flexibility index (Phi) is 4.19. The van der Waals surface area contributed by atoms with Gasteiger partial charge in [-0.25, -0.2) is 8.42 Å². The van der Waals surface area contributed by atoms with Gasteiger partial charge in [-0.1, -0.05) is 0 Å². The number of thiophene rings is 1. The van der Waals surface area contributed by atoms with Crippen molar-refractivity contribution in [3.63, 3.8) is 0 Å². The topological polar surface area (TPSA) is 86.8 Å². The molecule has 126 valence electrons. The van der Waals surface area contributed by atoms with Crippen LogP contribution in [0.25, 0.3) is 0 Å². The number of sulfonamides is 1. The number of piperidine rings is 1. The maximum absolute atomic E-state index is 12.8. The molecule has 1 N–H and O–H groups in total. The van der Waals surface area contributed by atoms with Crippen molar-refractivity contribution in [1.29, 1.82) is 0 Å². The smallest absolute Gasteiger partial charge is 0.261 e. The van der Waals surface area contributed by atoms with E-state index in [4.69, 9.17) is 0 Å². The second-order valence-corrected chi connectivity index (χ2v) is 8.76. The first-order chi connectivity index (χ1) is 10.8. The molecule has 0 unspecified atom stereocenters. The minimum atomic E-state index is -3.62. The molecule has 2 fully saturated rings. The Labute approximate surface area is 139 Å². The van der Waals surface area contributed by atoms with Crippen LogP contribution in [0.2, 0.25) is 0 Å². The molecule has 0 aromatic carbocycles. The van der Waals surface area contributed by atoms with Crippen LogP contribution < -0.4 is 5.32 Å². The normalized spacial score (nSPS) is 25.5. The van der Waals surface area contributed by atoms with Crippen LogP contribution in [-0.4, -0.2) is 62.7 Å². The molecule has 0 saturated carbocycles. The molecule has 9 heteroatoms. The molecule has 0 spiro atoms. The monoisotopic (exact) mass is 357 g/mol. The molecular weight excluding hydrogens is 338 g/mol. The Morgan fingerprint density at radius 3 is 2.87 bits per heavy atom. The highest BCUT2D eigenvalue weighted by molar-refractivity contribution is 7.89. The first-order valence-corrected chi connectivity index (χ1v) is 9.73. The predicted octanol–water partition coefficient (Wildman–Crippen LogP) is 0.349. The van der Waals surface area contributed by atoms with E-state index in [1.165, 1.54) is 22.8 Å². The summed E-state index contributed by atoms with van der Waals surface area (Å²) in [6, 6.07) is 1.55. The lowest BCUT2D eigenvalue weighted by atomic mass is 9.94. The third-order valence-electron chi connectivity index (χ3n) is 4.65. The predicted molar refractivity (Wildman–Crippen MR) is 85.8 cm³/mol. The second kappa shape index (κ2) is 5.88. The Balaban J connectivity index is 1.80. The lowest BCUT2D eigenvalue weighted by Crippen LogP contribution is -2.47. The van der Waals surface area contributed by atoms with Gasteiger partial charge in [-0.2, -0.15) is 4.31 Å². The minimum Gasteiger partial charge on any atom is -0.354 e. The Bertz CT molecular complexity index is 743. The molecular formula is C14H19N3O4S2. The maximum atomic E-state index is 12.8. The van der Waals surface area contributed by atoms with E-state index in [1.54, 1.807) is 11.9 Å². The minimum absolute atomic E-state index is 0.0491. The van der Waals surface area contributed by atoms with E-state index in [1.807, 2.05) is 0 Å². The van der Waals surface area contributed by atoms with Crippen LogP contribution in [0.1, 0.15) is 22.5 Å².